The molecule has 0 aromatic heterocycles. The summed E-state index contributed by atoms with van der Waals surface area (Å²) in [5, 5.41) is 0. The minimum absolute atomic E-state index is 0.897. The molecule has 0 aliphatic rings. The zero-order valence-electron chi connectivity index (χ0n) is 11.8. The Hall–Kier alpha value is 0. The van der Waals surface area contributed by atoms with E-state index in [1.165, 1.54) is 32.1 Å². The molecule has 0 heterocycles. The summed E-state index contributed by atoms with van der Waals surface area (Å²) in [7, 11) is 0. The maximum absolute atomic E-state index is 2.45. The monoisotopic (exact) mass is 212 g/mol. The van der Waals surface area contributed by atoms with Crippen LogP contribution in [-0.4, -0.2) is 0 Å². The van der Waals surface area contributed by atoms with Crippen LogP contribution in [0.25, 0.3) is 0 Å². The summed E-state index contributed by atoms with van der Waals surface area (Å²) in [4.78, 5) is 0. The Morgan fingerprint density at radius 3 is 1.73 bits per heavy atom. The summed E-state index contributed by atoms with van der Waals surface area (Å²) in [5.74, 6) is 3.62. The van der Waals surface area contributed by atoms with E-state index in [9.17, 15) is 0 Å². The minimum Gasteiger partial charge on any atom is -0.0654 e. The van der Waals surface area contributed by atoms with E-state index in [-0.39, 0.29) is 0 Å². The molecule has 0 aliphatic carbocycles. The van der Waals surface area contributed by atoms with Gasteiger partial charge in [-0.05, 0) is 23.7 Å². The molecule has 0 saturated heterocycles. The molecule has 0 rings (SSSR count). The third-order valence-corrected chi connectivity index (χ3v) is 4.35. The van der Waals surface area contributed by atoms with Gasteiger partial charge in [-0.2, -0.15) is 0 Å². The molecule has 0 aliphatic heterocycles. The van der Waals surface area contributed by atoms with Crippen LogP contribution in [0.3, 0.4) is 0 Å². The largest absolute Gasteiger partial charge is 0.0654 e. The number of hydrogen-bond donors (Lipinski definition) is 0. The topological polar surface area (TPSA) is 0 Å². The normalized spacial score (nSPS) is 19.6. The van der Waals surface area contributed by atoms with Crippen LogP contribution in [0.15, 0.2) is 0 Å². The van der Waals surface area contributed by atoms with Crippen molar-refractivity contribution >= 4 is 0 Å². The molecule has 0 spiro atoms. The second-order valence-electron chi connectivity index (χ2n) is 5.69. The molecule has 4 unspecified atom stereocenters. The van der Waals surface area contributed by atoms with Crippen molar-refractivity contribution in [1.29, 1.82) is 0 Å². The van der Waals surface area contributed by atoms with Crippen LogP contribution in [0.2, 0.25) is 0 Å². The van der Waals surface area contributed by atoms with E-state index in [1.54, 1.807) is 0 Å². The summed E-state index contributed by atoms with van der Waals surface area (Å²) in [6.45, 7) is 14.3. The maximum atomic E-state index is 2.45. The Balaban J connectivity index is 3.82. The molecule has 0 N–H and O–H groups in total. The van der Waals surface area contributed by atoms with Crippen LogP contribution in [0.1, 0.15) is 73.6 Å². The Labute approximate surface area is 97.8 Å². The molecular formula is C15H32. The quantitative estimate of drug-likeness (QED) is 0.497. The average molecular weight is 212 g/mol. The molecule has 0 radical (unpaired) electrons. The molecular weight excluding hydrogens is 180 g/mol. The molecule has 4 atom stereocenters. The smallest absolute Gasteiger partial charge is 0.0391 e. The summed E-state index contributed by atoms with van der Waals surface area (Å²) >= 11 is 0. The van der Waals surface area contributed by atoms with Gasteiger partial charge in [0.1, 0.15) is 0 Å². The molecule has 0 fully saturated rings. The van der Waals surface area contributed by atoms with Gasteiger partial charge in [0.15, 0.2) is 0 Å². The van der Waals surface area contributed by atoms with E-state index in [0.29, 0.717) is 0 Å². The zero-order valence-corrected chi connectivity index (χ0v) is 11.8. The third-order valence-electron chi connectivity index (χ3n) is 4.35. The summed E-state index contributed by atoms with van der Waals surface area (Å²) in [6, 6.07) is 0. The van der Waals surface area contributed by atoms with Gasteiger partial charge in [-0.3, -0.25) is 0 Å². The van der Waals surface area contributed by atoms with Crippen LogP contribution in [0.5, 0.6) is 0 Å². The van der Waals surface area contributed by atoms with Crippen molar-refractivity contribution in [2.24, 2.45) is 23.7 Å². The first-order chi connectivity index (χ1) is 7.02. The van der Waals surface area contributed by atoms with Crippen molar-refractivity contribution in [3.63, 3.8) is 0 Å². The molecule has 0 saturated carbocycles. The van der Waals surface area contributed by atoms with Crippen molar-refractivity contribution in [3.8, 4) is 0 Å². The molecule has 0 aromatic rings. The Morgan fingerprint density at radius 1 is 0.733 bits per heavy atom. The van der Waals surface area contributed by atoms with Crippen molar-refractivity contribution in [1.82, 2.24) is 0 Å². The fraction of sp³-hybridized carbons (Fsp3) is 1.00. The second-order valence-corrected chi connectivity index (χ2v) is 5.69. The zero-order chi connectivity index (χ0) is 11.8. The van der Waals surface area contributed by atoms with Gasteiger partial charge in [0.2, 0.25) is 0 Å². The van der Waals surface area contributed by atoms with Crippen LogP contribution >= 0.6 is 0 Å². The van der Waals surface area contributed by atoms with Gasteiger partial charge in [-0.1, -0.05) is 73.6 Å². The van der Waals surface area contributed by atoms with Crippen molar-refractivity contribution in [2.75, 3.05) is 0 Å². The molecule has 15 heavy (non-hydrogen) atoms. The van der Waals surface area contributed by atoms with Crippen LogP contribution in [0.4, 0.5) is 0 Å². The van der Waals surface area contributed by atoms with E-state index in [4.69, 9.17) is 0 Å². The lowest BCUT2D eigenvalue weighted by Crippen LogP contribution is -2.17. The first-order valence-electron chi connectivity index (χ1n) is 7.02. The second kappa shape index (κ2) is 8.19. The average Bonchev–Trinajstić information content (AvgIpc) is 2.24. The fourth-order valence-corrected chi connectivity index (χ4v) is 2.29. The van der Waals surface area contributed by atoms with Crippen molar-refractivity contribution < 1.29 is 0 Å². The van der Waals surface area contributed by atoms with Gasteiger partial charge >= 0.3 is 0 Å². The minimum atomic E-state index is 0.897. The molecule has 0 heteroatoms. The highest BCUT2D eigenvalue weighted by Crippen LogP contribution is 2.28. The van der Waals surface area contributed by atoms with Gasteiger partial charge in [0.05, 0.1) is 0 Å². The Kier molecular flexibility index (Phi) is 8.19. The van der Waals surface area contributed by atoms with Crippen LogP contribution < -0.4 is 0 Å². The van der Waals surface area contributed by atoms with Gasteiger partial charge in [0, 0.05) is 0 Å². The van der Waals surface area contributed by atoms with E-state index < -0.39 is 0 Å². The van der Waals surface area contributed by atoms with E-state index >= 15 is 0 Å². The highest BCUT2D eigenvalue weighted by Gasteiger charge is 2.18. The van der Waals surface area contributed by atoms with Crippen LogP contribution in [0, 0.1) is 23.7 Å². The van der Waals surface area contributed by atoms with Gasteiger partial charge in [-0.25, -0.2) is 0 Å². The lowest BCUT2D eigenvalue weighted by Gasteiger charge is -2.26. The number of rotatable bonds is 8. The van der Waals surface area contributed by atoms with Crippen molar-refractivity contribution in [3.05, 3.63) is 0 Å². The predicted octanol–water partition coefficient (Wildman–Crippen LogP) is 5.52. The Morgan fingerprint density at radius 2 is 1.27 bits per heavy atom. The SMILES string of the molecule is CCCC(C)C(C)C(C)CCC(C)CC. The number of hydrogen-bond acceptors (Lipinski definition) is 0. The third kappa shape index (κ3) is 6.22. The molecule has 0 nitrogen and oxygen atoms in total. The lowest BCUT2D eigenvalue weighted by molar-refractivity contribution is 0.240. The first-order valence-corrected chi connectivity index (χ1v) is 7.02. The van der Waals surface area contributed by atoms with Gasteiger partial charge in [0.25, 0.3) is 0 Å². The molecule has 92 valence electrons. The molecule has 0 bridgehead atoms. The van der Waals surface area contributed by atoms with Gasteiger partial charge < -0.3 is 0 Å². The maximum Gasteiger partial charge on any atom is -0.0391 e. The highest BCUT2D eigenvalue weighted by atomic mass is 14.2. The van der Waals surface area contributed by atoms with E-state index in [0.717, 1.165) is 23.7 Å². The fourth-order valence-electron chi connectivity index (χ4n) is 2.29. The van der Waals surface area contributed by atoms with Gasteiger partial charge in [-0.15, -0.1) is 0 Å². The summed E-state index contributed by atoms with van der Waals surface area (Å²) in [5.41, 5.74) is 0. The van der Waals surface area contributed by atoms with Crippen LogP contribution in [-0.2, 0) is 0 Å². The Bertz CT molecular complexity index is 139. The lowest BCUT2D eigenvalue weighted by atomic mass is 9.79. The summed E-state index contributed by atoms with van der Waals surface area (Å²) in [6.07, 6.45) is 6.91. The highest BCUT2D eigenvalue weighted by molar-refractivity contribution is 4.69. The summed E-state index contributed by atoms with van der Waals surface area (Å²) < 4.78 is 0. The molecule has 0 amide bonds. The van der Waals surface area contributed by atoms with E-state index in [1.807, 2.05) is 0 Å². The van der Waals surface area contributed by atoms with Crippen molar-refractivity contribution in [2.45, 2.75) is 73.6 Å². The standard InChI is InChI=1S/C15H32/c1-7-9-13(4)15(6)14(5)11-10-12(3)8-2/h12-15H,7-11H2,1-6H3. The predicted molar refractivity (Wildman–Crippen MR) is 71.1 cm³/mol. The first kappa shape index (κ1) is 15.0. The van der Waals surface area contributed by atoms with E-state index in [2.05, 4.69) is 41.5 Å². The molecule has 0 aromatic carbocycles.